The van der Waals surface area contributed by atoms with Crippen LogP contribution in [0.2, 0.25) is 0 Å². The van der Waals surface area contributed by atoms with Crippen LogP contribution in [0.3, 0.4) is 0 Å². The predicted molar refractivity (Wildman–Crippen MR) is 74.1 cm³/mol. The Hall–Kier alpha value is -2.39. The van der Waals surface area contributed by atoms with Crippen molar-refractivity contribution < 1.29 is 13.9 Å². The number of methoxy groups -OCH3 is 1. The summed E-state index contributed by atoms with van der Waals surface area (Å²) in [4.78, 5) is 12.5. The summed E-state index contributed by atoms with van der Waals surface area (Å²) in [5, 5.41) is 13.5. The Kier molecular flexibility index (Phi) is 4.33. The van der Waals surface area contributed by atoms with Gasteiger partial charge in [-0.15, -0.1) is 11.3 Å². The molecule has 6 heteroatoms. The largest absolute Gasteiger partial charge is 0.465 e. The van der Waals surface area contributed by atoms with Crippen LogP contribution in [0, 0.1) is 17.1 Å². The molecule has 0 aliphatic rings. The standard InChI is InChI=1S/C14H11FN2O2S/c1-19-14(18)12-5-10(15)2-3-13(12)17-7-11-4-9(6-16)8-20-11/h2-5,8,17H,7H2,1H3. The van der Waals surface area contributed by atoms with Gasteiger partial charge in [-0.1, -0.05) is 0 Å². The van der Waals surface area contributed by atoms with Gasteiger partial charge in [0.1, 0.15) is 11.9 Å². The molecular weight excluding hydrogens is 279 g/mol. The Labute approximate surface area is 119 Å². The average molecular weight is 290 g/mol. The summed E-state index contributed by atoms with van der Waals surface area (Å²) in [5.74, 6) is -1.10. The Bertz CT molecular complexity index is 676. The average Bonchev–Trinajstić information content (AvgIpc) is 2.93. The lowest BCUT2D eigenvalue weighted by molar-refractivity contribution is 0.0601. The fraction of sp³-hybridized carbons (Fsp3) is 0.143. The number of carbonyl (C=O) groups excluding carboxylic acids is 1. The van der Waals surface area contributed by atoms with Crippen molar-refractivity contribution in [2.24, 2.45) is 0 Å². The van der Waals surface area contributed by atoms with E-state index < -0.39 is 11.8 Å². The van der Waals surface area contributed by atoms with E-state index in [0.29, 0.717) is 17.8 Å². The molecule has 0 saturated heterocycles. The molecule has 20 heavy (non-hydrogen) atoms. The fourth-order valence-electron chi connectivity index (χ4n) is 1.66. The molecule has 102 valence electrons. The molecule has 1 heterocycles. The molecule has 2 rings (SSSR count). The smallest absolute Gasteiger partial charge is 0.340 e. The molecule has 1 aromatic carbocycles. The number of esters is 1. The zero-order valence-electron chi connectivity index (χ0n) is 10.6. The molecule has 1 N–H and O–H groups in total. The summed E-state index contributed by atoms with van der Waals surface area (Å²) in [6.07, 6.45) is 0. The molecule has 1 aromatic heterocycles. The maximum absolute atomic E-state index is 13.2. The van der Waals surface area contributed by atoms with Gasteiger partial charge in [-0.25, -0.2) is 9.18 Å². The zero-order chi connectivity index (χ0) is 14.5. The third-order valence-corrected chi connectivity index (χ3v) is 3.56. The fourth-order valence-corrected chi connectivity index (χ4v) is 2.41. The van der Waals surface area contributed by atoms with Crippen LogP contribution in [0.15, 0.2) is 29.6 Å². The van der Waals surface area contributed by atoms with E-state index in [0.717, 1.165) is 10.9 Å². The third kappa shape index (κ3) is 3.13. The Balaban J connectivity index is 2.17. The predicted octanol–water partition coefficient (Wildman–Crippen LogP) is 3.16. The topological polar surface area (TPSA) is 62.1 Å². The highest BCUT2D eigenvalue weighted by molar-refractivity contribution is 7.10. The lowest BCUT2D eigenvalue weighted by Gasteiger charge is -2.10. The van der Waals surface area contributed by atoms with E-state index in [1.165, 1.54) is 30.6 Å². The quantitative estimate of drug-likeness (QED) is 0.879. The van der Waals surface area contributed by atoms with Gasteiger partial charge in [-0.3, -0.25) is 0 Å². The number of hydrogen-bond donors (Lipinski definition) is 1. The van der Waals surface area contributed by atoms with E-state index in [1.54, 1.807) is 11.4 Å². The van der Waals surface area contributed by atoms with Crippen LogP contribution in [0.4, 0.5) is 10.1 Å². The maximum atomic E-state index is 13.2. The number of thiophene rings is 1. The van der Waals surface area contributed by atoms with Crippen LogP contribution in [0.5, 0.6) is 0 Å². The van der Waals surface area contributed by atoms with Crippen LogP contribution in [-0.2, 0) is 11.3 Å². The summed E-state index contributed by atoms with van der Waals surface area (Å²) in [6.45, 7) is 0.446. The van der Waals surface area contributed by atoms with Crippen LogP contribution in [0.1, 0.15) is 20.8 Å². The number of anilines is 1. The molecule has 0 amide bonds. The monoisotopic (exact) mass is 290 g/mol. The van der Waals surface area contributed by atoms with E-state index in [9.17, 15) is 9.18 Å². The number of ether oxygens (including phenoxy) is 1. The summed E-state index contributed by atoms with van der Waals surface area (Å²) >= 11 is 1.44. The first kappa shape index (κ1) is 14.0. The van der Waals surface area contributed by atoms with Crippen molar-refractivity contribution in [3.8, 4) is 6.07 Å². The van der Waals surface area contributed by atoms with Gasteiger partial charge in [0.15, 0.2) is 0 Å². The number of nitriles is 1. The number of nitrogens with zero attached hydrogens (tertiary/aromatic N) is 1. The highest BCUT2D eigenvalue weighted by Gasteiger charge is 2.13. The molecule has 2 aromatic rings. The van der Waals surface area contributed by atoms with Gasteiger partial charge in [0.05, 0.1) is 18.2 Å². The molecule has 0 unspecified atom stereocenters. The van der Waals surface area contributed by atoms with E-state index in [2.05, 4.69) is 16.1 Å². The van der Waals surface area contributed by atoms with Crippen molar-refractivity contribution >= 4 is 23.0 Å². The minimum absolute atomic E-state index is 0.143. The van der Waals surface area contributed by atoms with Crippen molar-refractivity contribution in [2.75, 3.05) is 12.4 Å². The number of rotatable bonds is 4. The Morgan fingerprint density at radius 2 is 2.30 bits per heavy atom. The van der Waals surface area contributed by atoms with Crippen LogP contribution < -0.4 is 5.32 Å². The summed E-state index contributed by atoms with van der Waals surface area (Å²) in [5.41, 5.74) is 1.23. The number of nitrogens with one attached hydrogen (secondary N) is 1. The summed E-state index contributed by atoms with van der Waals surface area (Å²) in [7, 11) is 1.25. The van der Waals surface area contributed by atoms with Gasteiger partial charge in [-0.05, 0) is 24.3 Å². The summed E-state index contributed by atoms with van der Waals surface area (Å²) in [6, 6.07) is 7.70. The van der Waals surface area contributed by atoms with E-state index in [-0.39, 0.29) is 5.56 Å². The SMILES string of the molecule is COC(=O)c1cc(F)ccc1NCc1cc(C#N)cs1. The zero-order valence-corrected chi connectivity index (χ0v) is 11.5. The Morgan fingerprint density at radius 1 is 1.50 bits per heavy atom. The first-order chi connectivity index (χ1) is 9.63. The van der Waals surface area contributed by atoms with Crippen LogP contribution in [-0.4, -0.2) is 13.1 Å². The molecule has 0 fully saturated rings. The number of halogens is 1. The second-order valence-corrected chi connectivity index (χ2v) is 4.94. The normalized spacial score (nSPS) is 9.85. The lowest BCUT2D eigenvalue weighted by atomic mass is 10.1. The lowest BCUT2D eigenvalue weighted by Crippen LogP contribution is -2.08. The van der Waals surface area contributed by atoms with Gasteiger partial charge in [0.25, 0.3) is 0 Å². The summed E-state index contributed by atoms with van der Waals surface area (Å²) < 4.78 is 17.8. The molecule has 0 saturated carbocycles. The molecule has 0 aliphatic carbocycles. The molecule has 0 aliphatic heterocycles. The number of carbonyl (C=O) groups is 1. The van der Waals surface area contributed by atoms with Crippen molar-refractivity contribution in [3.63, 3.8) is 0 Å². The minimum atomic E-state index is -0.601. The van der Waals surface area contributed by atoms with Gasteiger partial charge >= 0.3 is 5.97 Å². The second-order valence-electron chi connectivity index (χ2n) is 3.95. The van der Waals surface area contributed by atoms with Crippen molar-refractivity contribution in [1.29, 1.82) is 5.26 Å². The molecular formula is C14H11FN2O2S. The van der Waals surface area contributed by atoms with Crippen molar-refractivity contribution in [2.45, 2.75) is 6.54 Å². The second kappa shape index (κ2) is 6.17. The maximum Gasteiger partial charge on any atom is 0.340 e. The van der Waals surface area contributed by atoms with Gasteiger partial charge in [-0.2, -0.15) is 5.26 Å². The van der Waals surface area contributed by atoms with E-state index >= 15 is 0 Å². The Morgan fingerprint density at radius 3 is 2.95 bits per heavy atom. The van der Waals surface area contributed by atoms with Crippen molar-refractivity contribution in [3.05, 3.63) is 51.5 Å². The third-order valence-electron chi connectivity index (χ3n) is 2.62. The van der Waals surface area contributed by atoms with Crippen molar-refractivity contribution in [1.82, 2.24) is 0 Å². The first-order valence-electron chi connectivity index (χ1n) is 5.73. The molecule has 4 nitrogen and oxygen atoms in total. The van der Waals surface area contributed by atoms with Crippen LogP contribution in [0.25, 0.3) is 0 Å². The minimum Gasteiger partial charge on any atom is -0.465 e. The highest BCUT2D eigenvalue weighted by atomic mass is 32.1. The highest BCUT2D eigenvalue weighted by Crippen LogP contribution is 2.21. The van der Waals surface area contributed by atoms with Gasteiger partial charge in [0.2, 0.25) is 0 Å². The van der Waals surface area contributed by atoms with E-state index in [1.807, 2.05) is 0 Å². The molecule has 0 spiro atoms. The number of benzene rings is 1. The first-order valence-corrected chi connectivity index (χ1v) is 6.61. The number of hydrogen-bond acceptors (Lipinski definition) is 5. The van der Waals surface area contributed by atoms with E-state index in [4.69, 9.17) is 5.26 Å². The molecule has 0 bridgehead atoms. The molecule has 0 radical (unpaired) electrons. The van der Waals surface area contributed by atoms with Gasteiger partial charge in [0, 0.05) is 22.5 Å². The van der Waals surface area contributed by atoms with Gasteiger partial charge < -0.3 is 10.1 Å². The molecule has 0 atom stereocenters. The van der Waals surface area contributed by atoms with Crippen LogP contribution >= 0.6 is 11.3 Å².